The summed E-state index contributed by atoms with van der Waals surface area (Å²) in [5.41, 5.74) is 4.40. The van der Waals surface area contributed by atoms with Crippen LogP contribution in [0, 0.1) is 25.2 Å². The molecule has 1 N–H and O–H groups in total. The third-order valence-corrected chi connectivity index (χ3v) is 4.16. The number of nitrogens with one attached hydrogen (secondary N) is 1. The van der Waals surface area contributed by atoms with Gasteiger partial charge in [0.2, 0.25) is 5.91 Å². The van der Waals surface area contributed by atoms with Crippen LogP contribution in [0.2, 0.25) is 5.15 Å². The van der Waals surface area contributed by atoms with Crippen LogP contribution >= 0.6 is 11.6 Å². The zero-order valence-corrected chi connectivity index (χ0v) is 13.9. The molecule has 0 saturated heterocycles. The van der Waals surface area contributed by atoms with E-state index in [-0.39, 0.29) is 23.0 Å². The summed E-state index contributed by atoms with van der Waals surface area (Å²) in [5, 5.41) is 12.9. The summed E-state index contributed by atoms with van der Waals surface area (Å²) < 4.78 is 5.61. The van der Waals surface area contributed by atoms with Crippen LogP contribution in [0.15, 0.2) is 35.1 Å². The van der Waals surface area contributed by atoms with E-state index in [4.69, 9.17) is 21.3 Å². The first kappa shape index (κ1) is 16.0. The summed E-state index contributed by atoms with van der Waals surface area (Å²) in [5.74, 6) is -0.253. The van der Waals surface area contributed by atoms with Crippen molar-refractivity contribution in [2.24, 2.45) is 0 Å². The van der Waals surface area contributed by atoms with Gasteiger partial charge >= 0.3 is 0 Å². The smallest absolute Gasteiger partial charge is 0.229 e. The first-order chi connectivity index (χ1) is 11.5. The molecule has 2 heterocycles. The first-order valence-corrected chi connectivity index (χ1v) is 7.69. The maximum atomic E-state index is 12.3. The molecule has 0 bridgehead atoms. The lowest BCUT2D eigenvalue weighted by Gasteiger charge is -2.06. The lowest BCUT2D eigenvalue weighted by Crippen LogP contribution is -2.15. The van der Waals surface area contributed by atoms with Crippen molar-refractivity contribution in [1.29, 1.82) is 5.26 Å². The number of benzene rings is 1. The Balaban J connectivity index is 1.84. The van der Waals surface area contributed by atoms with E-state index < -0.39 is 0 Å². The van der Waals surface area contributed by atoms with Crippen LogP contribution in [-0.4, -0.2) is 10.9 Å². The molecule has 1 aromatic carbocycles. The molecule has 3 rings (SSSR count). The number of amides is 1. The SMILES string of the molecule is Cc1ccc2c(CC(=O)Nc3cnc(Cl)cc3C#N)coc2c1C. The molecular weight excluding hydrogens is 326 g/mol. The minimum absolute atomic E-state index is 0.142. The van der Waals surface area contributed by atoms with Crippen LogP contribution in [-0.2, 0) is 11.2 Å². The number of nitriles is 1. The van der Waals surface area contributed by atoms with E-state index in [2.05, 4.69) is 10.3 Å². The highest BCUT2D eigenvalue weighted by Gasteiger charge is 2.14. The third kappa shape index (κ3) is 2.97. The number of nitrogens with zero attached hydrogens (tertiary/aromatic N) is 2. The van der Waals surface area contributed by atoms with Crippen molar-refractivity contribution in [1.82, 2.24) is 4.98 Å². The summed E-state index contributed by atoms with van der Waals surface area (Å²) in [7, 11) is 0. The Hall–Kier alpha value is -2.84. The number of rotatable bonds is 3. The highest BCUT2D eigenvalue weighted by molar-refractivity contribution is 6.29. The number of furan rings is 1. The van der Waals surface area contributed by atoms with E-state index in [1.54, 1.807) is 6.26 Å². The highest BCUT2D eigenvalue weighted by atomic mass is 35.5. The number of hydrogen-bond donors (Lipinski definition) is 1. The Morgan fingerprint density at radius 3 is 2.96 bits per heavy atom. The number of hydrogen-bond acceptors (Lipinski definition) is 4. The van der Waals surface area contributed by atoms with Crippen molar-refractivity contribution in [2.75, 3.05) is 5.32 Å². The molecule has 5 nitrogen and oxygen atoms in total. The van der Waals surface area contributed by atoms with E-state index in [0.717, 1.165) is 27.7 Å². The van der Waals surface area contributed by atoms with Gasteiger partial charge in [-0.2, -0.15) is 5.26 Å². The topological polar surface area (TPSA) is 78.9 Å². The van der Waals surface area contributed by atoms with Gasteiger partial charge < -0.3 is 9.73 Å². The first-order valence-electron chi connectivity index (χ1n) is 7.31. The van der Waals surface area contributed by atoms with E-state index in [1.807, 2.05) is 32.0 Å². The number of fused-ring (bicyclic) bond motifs is 1. The molecule has 0 radical (unpaired) electrons. The van der Waals surface area contributed by atoms with Crippen molar-refractivity contribution in [2.45, 2.75) is 20.3 Å². The molecule has 0 spiro atoms. The van der Waals surface area contributed by atoms with Crippen LogP contribution in [0.1, 0.15) is 22.3 Å². The van der Waals surface area contributed by atoms with Gasteiger partial charge in [0.1, 0.15) is 16.8 Å². The summed E-state index contributed by atoms with van der Waals surface area (Å²) in [6.45, 7) is 4.00. The Morgan fingerprint density at radius 1 is 1.42 bits per heavy atom. The predicted molar refractivity (Wildman–Crippen MR) is 92.0 cm³/mol. The zero-order chi connectivity index (χ0) is 17.3. The summed E-state index contributed by atoms with van der Waals surface area (Å²) >= 11 is 5.75. The molecule has 120 valence electrons. The number of anilines is 1. The lowest BCUT2D eigenvalue weighted by atomic mass is 10.0. The maximum absolute atomic E-state index is 12.3. The molecule has 6 heteroatoms. The van der Waals surface area contributed by atoms with Crippen molar-refractivity contribution in [3.63, 3.8) is 0 Å². The number of halogens is 1. The fraction of sp³-hybridized carbons (Fsp3) is 0.167. The molecule has 24 heavy (non-hydrogen) atoms. The van der Waals surface area contributed by atoms with E-state index >= 15 is 0 Å². The highest BCUT2D eigenvalue weighted by Crippen LogP contribution is 2.27. The predicted octanol–water partition coefficient (Wildman–Crippen LogP) is 4.15. The monoisotopic (exact) mass is 339 g/mol. The molecule has 0 aliphatic rings. The lowest BCUT2D eigenvalue weighted by molar-refractivity contribution is -0.115. The molecule has 0 aliphatic heterocycles. The molecule has 1 amide bonds. The Labute approximate surface area is 143 Å². The number of pyridine rings is 1. The number of aromatic nitrogens is 1. The van der Waals surface area contributed by atoms with Gasteiger partial charge in [0.25, 0.3) is 0 Å². The van der Waals surface area contributed by atoms with Gasteiger partial charge in [-0.05, 0) is 31.0 Å². The van der Waals surface area contributed by atoms with Gasteiger partial charge in [-0.25, -0.2) is 4.98 Å². The van der Waals surface area contributed by atoms with E-state index in [0.29, 0.717) is 5.69 Å². The van der Waals surface area contributed by atoms with Crippen LogP contribution in [0.5, 0.6) is 0 Å². The number of aryl methyl sites for hydroxylation is 2. The quantitative estimate of drug-likeness (QED) is 0.727. The van der Waals surface area contributed by atoms with Gasteiger partial charge in [0.15, 0.2) is 0 Å². The Bertz CT molecular complexity index is 986. The van der Waals surface area contributed by atoms with Crippen molar-refractivity contribution in [3.05, 3.63) is 58.1 Å². The van der Waals surface area contributed by atoms with Crippen LogP contribution in [0.4, 0.5) is 5.69 Å². The van der Waals surface area contributed by atoms with Gasteiger partial charge in [0.05, 0.1) is 30.1 Å². The Morgan fingerprint density at radius 2 is 2.21 bits per heavy atom. The molecule has 0 saturated carbocycles. The van der Waals surface area contributed by atoms with E-state index in [1.165, 1.54) is 12.3 Å². The van der Waals surface area contributed by atoms with E-state index in [9.17, 15) is 4.79 Å². The van der Waals surface area contributed by atoms with Crippen LogP contribution < -0.4 is 5.32 Å². The summed E-state index contributed by atoms with van der Waals surface area (Å²) in [6.07, 6.45) is 3.12. The van der Waals surface area contributed by atoms with Crippen LogP contribution in [0.3, 0.4) is 0 Å². The summed E-state index contributed by atoms with van der Waals surface area (Å²) in [6, 6.07) is 7.36. The second kappa shape index (κ2) is 6.34. The second-order valence-corrected chi connectivity index (χ2v) is 5.92. The van der Waals surface area contributed by atoms with Gasteiger partial charge in [-0.1, -0.05) is 23.7 Å². The summed E-state index contributed by atoms with van der Waals surface area (Å²) in [4.78, 5) is 16.2. The third-order valence-electron chi connectivity index (χ3n) is 3.96. The molecule has 0 aliphatic carbocycles. The standard InChI is InChI=1S/C18H14ClN3O2/c1-10-3-4-14-13(9-24-18(14)11(10)2)6-17(23)22-15-8-21-16(19)5-12(15)7-20/h3-5,8-9H,6H2,1-2H3,(H,22,23). The van der Waals surface area contributed by atoms with Crippen molar-refractivity contribution >= 4 is 34.2 Å². The molecular formula is C18H14ClN3O2. The van der Waals surface area contributed by atoms with Gasteiger partial charge in [0, 0.05) is 10.9 Å². The maximum Gasteiger partial charge on any atom is 0.229 e. The molecule has 0 fully saturated rings. The molecule has 3 aromatic rings. The van der Waals surface area contributed by atoms with Gasteiger partial charge in [-0.15, -0.1) is 0 Å². The average Bonchev–Trinajstić information content (AvgIpc) is 2.96. The molecule has 0 atom stereocenters. The molecule has 2 aromatic heterocycles. The minimum Gasteiger partial charge on any atom is -0.464 e. The normalized spacial score (nSPS) is 10.6. The minimum atomic E-state index is -0.253. The second-order valence-electron chi connectivity index (χ2n) is 5.53. The fourth-order valence-corrected chi connectivity index (χ4v) is 2.67. The number of carbonyl (C=O) groups is 1. The zero-order valence-electron chi connectivity index (χ0n) is 13.2. The van der Waals surface area contributed by atoms with Crippen molar-refractivity contribution < 1.29 is 9.21 Å². The average molecular weight is 340 g/mol. The largest absolute Gasteiger partial charge is 0.464 e. The van der Waals surface area contributed by atoms with Crippen molar-refractivity contribution in [3.8, 4) is 6.07 Å². The number of carbonyl (C=O) groups excluding carboxylic acids is 1. The van der Waals surface area contributed by atoms with Gasteiger partial charge in [-0.3, -0.25) is 4.79 Å². The molecule has 0 unspecified atom stereocenters. The Kier molecular flexibility index (Phi) is 4.24. The van der Waals surface area contributed by atoms with Crippen LogP contribution in [0.25, 0.3) is 11.0 Å². The fourth-order valence-electron chi connectivity index (χ4n) is 2.51.